The van der Waals surface area contributed by atoms with Gasteiger partial charge < -0.3 is 14.5 Å². The molecular formula is C12H20BFO3Si. The van der Waals surface area contributed by atoms with Gasteiger partial charge >= 0.3 is 7.12 Å². The Morgan fingerprint density at radius 2 is 1.78 bits per heavy atom. The summed E-state index contributed by atoms with van der Waals surface area (Å²) in [6.45, 7) is 10.4. The third-order valence-electron chi connectivity index (χ3n) is 3.43. The van der Waals surface area contributed by atoms with E-state index in [0.29, 0.717) is 5.75 Å². The van der Waals surface area contributed by atoms with Crippen LogP contribution < -0.4 is 9.89 Å². The number of hydrogen-bond acceptors (Lipinski definition) is 3. The van der Waals surface area contributed by atoms with Crippen molar-refractivity contribution in [1.82, 2.24) is 0 Å². The number of halogens is 1. The number of hydrogen-bond donors (Lipinski definition) is 2. The maximum atomic E-state index is 13.6. The third-order valence-corrected chi connectivity index (χ3v) is 7.79. The summed E-state index contributed by atoms with van der Waals surface area (Å²) in [5.74, 6) is -0.232. The summed E-state index contributed by atoms with van der Waals surface area (Å²) in [7, 11) is -3.80. The van der Waals surface area contributed by atoms with Gasteiger partial charge in [-0.15, -0.1) is 0 Å². The van der Waals surface area contributed by atoms with Crippen molar-refractivity contribution in [1.29, 1.82) is 0 Å². The van der Waals surface area contributed by atoms with E-state index in [1.54, 1.807) is 6.07 Å². The maximum absolute atomic E-state index is 13.6. The van der Waals surface area contributed by atoms with E-state index in [0.717, 1.165) is 0 Å². The minimum atomic E-state index is -2.00. The first kappa shape index (κ1) is 15.2. The topological polar surface area (TPSA) is 49.7 Å². The van der Waals surface area contributed by atoms with Crippen molar-refractivity contribution in [3.63, 3.8) is 0 Å². The monoisotopic (exact) mass is 270 g/mol. The highest BCUT2D eigenvalue weighted by Gasteiger charge is 2.39. The van der Waals surface area contributed by atoms with Gasteiger partial charge in [0.2, 0.25) is 8.32 Å². The highest BCUT2D eigenvalue weighted by atomic mass is 28.4. The Kier molecular flexibility index (Phi) is 4.25. The van der Waals surface area contributed by atoms with Crippen molar-refractivity contribution in [2.75, 3.05) is 0 Å². The molecule has 0 spiro atoms. The molecule has 3 nitrogen and oxygen atoms in total. The Morgan fingerprint density at radius 3 is 2.17 bits per heavy atom. The van der Waals surface area contributed by atoms with Gasteiger partial charge in [-0.1, -0.05) is 26.8 Å². The SMILES string of the molecule is CC(C)(C)[Si](C)(C)Oc1ccc(B(O)O)c(F)c1. The van der Waals surface area contributed by atoms with E-state index < -0.39 is 21.3 Å². The molecule has 0 aliphatic heterocycles. The fourth-order valence-corrected chi connectivity index (χ4v) is 2.25. The van der Waals surface area contributed by atoms with Crippen LogP contribution in [-0.2, 0) is 0 Å². The lowest BCUT2D eigenvalue weighted by atomic mass is 9.80. The molecule has 6 heteroatoms. The standard InChI is InChI=1S/C12H20BFO3Si/c1-12(2,3)18(4,5)17-9-6-7-10(13(15)16)11(14)8-9/h6-8,15-16H,1-5H3. The summed E-state index contributed by atoms with van der Waals surface area (Å²) in [5, 5.41) is 17.9. The molecule has 0 atom stereocenters. The highest BCUT2D eigenvalue weighted by Crippen LogP contribution is 2.37. The van der Waals surface area contributed by atoms with E-state index in [9.17, 15) is 4.39 Å². The van der Waals surface area contributed by atoms with Crippen LogP contribution in [0.5, 0.6) is 5.75 Å². The Hall–Kier alpha value is -0.848. The zero-order valence-corrected chi connectivity index (χ0v) is 12.5. The van der Waals surface area contributed by atoms with Crippen LogP contribution in [0, 0.1) is 5.82 Å². The minimum absolute atomic E-state index is 0.0264. The van der Waals surface area contributed by atoms with Gasteiger partial charge in [0.05, 0.1) is 0 Å². The first-order valence-electron chi connectivity index (χ1n) is 5.89. The second kappa shape index (κ2) is 5.03. The lowest BCUT2D eigenvalue weighted by Crippen LogP contribution is -2.44. The van der Waals surface area contributed by atoms with Crippen molar-refractivity contribution in [3.05, 3.63) is 24.0 Å². The molecule has 0 aliphatic rings. The predicted octanol–water partition coefficient (Wildman–Crippen LogP) is 1.89. The quantitative estimate of drug-likeness (QED) is 0.825. The molecule has 0 heterocycles. The lowest BCUT2D eigenvalue weighted by molar-refractivity contribution is 0.422. The molecule has 0 radical (unpaired) electrons. The van der Waals surface area contributed by atoms with E-state index in [4.69, 9.17) is 14.5 Å². The van der Waals surface area contributed by atoms with E-state index >= 15 is 0 Å². The van der Waals surface area contributed by atoms with Crippen LogP contribution in [0.15, 0.2) is 18.2 Å². The van der Waals surface area contributed by atoms with Crippen LogP contribution in [-0.4, -0.2) is 25.5 Å². The zero-order valence-electron chi connectivity index (χ0n) is 11.5. The highest BCUT2D eigenvalue weighted by molar-refractivity contribution is 6.74. The number of rotatable bonds is 3. The molecular weight excluding hydrogens is 250 g/mol. The van der Waals surface area contributed by atoms with Crippen LogP contribution >= 0.6 is 0 Å². The largest absolute Gasteiger partial charge is 0.543 e. The molecule has 0 amide bonds. The van der Waals surface area contributed by atoms with E-state index in [1.807, 2.05) is 0 Å². The Labute approximate surface area is 109 Å². The van der Waals surface area contributed by atoms with Crippen molar-refractivity contribution in [2.24, 2.45) is 0 Å². The third kappa shape index (κ3) is 3.34. The summed E-state index contributed by atoms with van der Waals surface area (Å²) < 4.78 is 19.5. The molecule has 1 aromatic carbocycles. The molecule has 2 N–H and O–H groups in total. The molecule has 100 valence electrons. The smallest absolute Gasteiger partial charge is 0.491 e. The summed E-state index contributed by atoms with van der Waals surface area (Å²) in [5.41, 5.74) is -0.141. The van der Waals surface area contributed by atoms with E-state index in [-0.39, 0.29) is 10.5 Å². The van der Waals surface area contributed by atoms with Crippen molar-refractivity contribution < 1.29 is 18.9 Å². The number of benzene rings is 1. The van der Waals surface area contributed by atoms with Crippen LogP contribution in [0.2, 0.25) is 18.1 Å². The molecule has 1 aromatic rings. The molecule has 0 fully saturated rings. The molecule has 18 heavy (non-hydrogen) atoms. The molecule has 0 unspecified atom stereocenters. The molecule has 0 bridgehead atoms. The van der Waals surface area contributed by atoms with Crippen LogP contribution in [0.25, 0.3) is 0 Å². The summed E-state index contributed by atoms with van der Waals surface area (Å²) in [6.07, 6.45) is 0. The van der Waals surface area contributed by atoms with Gasteiger partial charge in [0.15, 0.2) is 0 Å². The molecule has 0 aromatic heterocycles. The fraction of sp³-hybridized carbons (Fsp3) is 0.500. The Balaban J connectivity index is 2.97. The second-order valence-electron chi connectivity index (χ2n) is 5.92. The van der Waals surface area contributed by atoms with Gasteiger partial charge in [0, 0.05) is 11.5 Å². The average Bonchev–Trinajstić information content (AvgIpc) is 2.14. The van der Waals surface area contributed by atoms with Gasteiger partial charge in [0.25, 0.3) is 0 Å². The van der Waals surface area contributed by atoms with E-state index in [2.05, 4.69) is 33.9 Å². The van der Waals surface area contributed by atoms with E-state index in [1.165, 1.54) is 12.1 Å². The second-order valence-corrected chi connectivity index (χ2v) is 10.6. The summed E-state index contributed by atoms with van der Waals surface area (Å²) >= 11 is 0. The molecule has 0 aliphatic carbocycles. The normalized spacial score (nSPS) is 12.4. The Morgan fingerprint density at radius 1 is 1.22 bits per heavy atom. The predicted molar refractivity (Wildman–Crippen MR) is 74.1 cm³/mol. The first-order valence-corrected chi connectivity index (χ1v) is 8.80. The molecule has 0 saturated carbocycles. The Bertz CT molecular complexity index is 430. The molecule has 1 rings (SSSR count). The van der Waals surface area contributed by atoms with Crippen LogP contribution in [0.1, 0.15) is 20.8 Å². The van der Waals surface area contributed by atoms with Gasteiger partial charge in [-0.05, 0) is 24.2 Å². The van der Waals surface area contributed by atoms with Gasteiger partial charge in [-0.2, -0.15) is 0 Å². The summed E-state index contributed by atoms with van der Waals surface area (Å²) in [4.78, 5) is 0. The van der Waals surface area contributed by atoms with Crippen molar-refractivity contribution >= 4 is 20.9 Å². The van der Waals surface area contributed by atoms with Crippen LogP contribution in [0.3, 0.4) is 0 Å². The molecule has 0 saturated heterocycles. The van der Waals surface area contributed by atoms with Crippen LogP contribution in [0.4, 0.5) is 4.39 Å². The lowest BCUT2D eigenvalue weighted by Gasteiger charge is -2.36. The van der Waals surface area contributed by atoms with Crippen molar-refractivity contribution in [3.8, 4) is 5.75 Å². The maximum Gasteiger partial charge on any atom is 0.491 e. The van der Waals surface area contributed by atoms with Crippen molar-refractivity contribution in [2.45, 2.75) is 38.9 Å². The van der Waals surface area contributed by atoms with Gasteiger partial charge in [-0.25, -0.2) is 4.39 Å². The summed E-state index contributed by atoms with van der Waals surface area (Å²) in [6, 6.07) is 4.11. The first-order chi connectivity index (χ1) is 8.04. The van der Waals surface area contributed by atoms with Gasteiger partial charge in [0.1, 0.15) is 11.6 Å². The fourth-order valence-electron chi connectivity index (χ4n) is 1.23. The zero-order chi connectivity index (χ0) is 14.1. The van der Waals surface area contributed by atoms with Gasteiger partial charge in [-0.3, -0.25) is 0 Å². The average molecular weight is 270 g/mol. The minimum Gasteiger partial charge on any atom is -0.543 e.